The van der Waals surface area contributed by atoms with E-state index in [1.807, 2.05) is 6.07 Å². The van der Waals surface area contributed by atoms with Gasteiger partial charge in [0.05, 0.1) is 0 Å². The van der Waals surface area contributed by atoms with Crippen LogP contribution in [0.4, 0.5) is 0 Å². The van der Waals surface area contributed by atoms with Crippen LogP contribution in [0.3, 0.4) is 0 Å². The van der Waals surface area contributed by atoms with Crippen LogP contribution in [0, 0.1) is 5.41 Å². The van der Waals surface area contributed by atoms with Crippen LogP contribution in [0.25, 0.3) is 0 Å². The molecule has 3 rings (SSSR count). The Morgan fingerprint density at radius 1 is 1.11 bits per heavy atom. The average Bonchev–Trinajstić information content (AvgIpc) is 2.39. The predicted octanol–water partition coefficient (Wildman–Crippen LogP) is 2.39. The Kier molecular flexibility index (Phi) is 3.16. The van der Waals surface area contributed by atoms with Gasteiger partial charge in [-0.2, -0.15) is 0 Å². The molecule has 0 spiro atoms. The molecule has 18 heavy (non-hydrogen) atoms. The molecule has 0 aliphatic carbocycles. The summed E-state index contributed by atoms with van der Waals surface area (Å²) in [6.45, 7) is 6.00. The smallest absolute Gasteiger partial charge is 0.161 e. The first-order chi connectivity index (χ1) is 8.75. The zero-order chi connectivity index (χ0) is 12.4. The molecular formula is C15H21NO2. The number of ether oxygens (including phenoxy) is 2. The molecular weight excluding hydrogens is 226 g/mol. The number of hydrogen-bond donors (Lipinski definition) is 1. The van der Waals surface area contributed by atoms with E-state index in [-0.39, 0.29) is 0 Å². The first-order valence-electron chi connectivity index (χ1n) is 6.84. The fraction of sp³-hybridized carbons (Fsp3) is 0.600. The van der Waals surface area contributed by atoms with E-state index >= 15 is 0 Å². The highest BCUT2D eigenvalue weighted by atomic mass is 16.6. The van der Waals surface area contributed by atoms with Gasteiger partial charge in [-0.15, -0.1) is 0 Å². The van der Waals surface area contributed by atoms with Crippen LogP contribution < -0.4 is 14.8 Å². The molecule has 1 N–H and O–H groups in total. The highest BCUT2D eigenvalue weighted by Gasteiger charge is 2.27. The first-order valence-corrected chi connectivity index (χ1v) is 6.84. The average molecular weight is 247 g/mol. The molecule has 3 nitrogen and oxygen atoms in total. The van der Waals surface area contributed by atoms with Crippen LogP contribution in [0.15, 0.2) is 18.2 Å². The Bertz CT molecular complexity index is 425. The molecule has 0 aromatic heterocycles. The first kappa shape index (κ1) is 11.8. The molecule has 0 saturated carbocycles. The van der Waals surface area contributed by atoms with Crippen LogP contribution >= 0.6 is 0 Å². The lowest BCUT2D eigenvalue weighted by Crippen LogP contribution is -2.36. The topological polar surface area (TPSA) is 30.5 Å². The summed E-state index contributed by atoms with van der Waals surface area (Å²) in [6, 6.07) is 6.39. The minimum Gasteiger partial charge on any atom is -0.486 e. The van der Waals surface area contributed by atoms with Crippen molar-refractivity contribution in [2.45, 2.75) is 26.2 Å². The third kappa shape index (κ3) is 2.46. The molecule has 0 amide bonds. The molecule has 2 aliphatic heterocycles. The zero-order valence-electron chi connectivity index (χ0n) is 11.0. The van der Waals surface area contributed by atoms with Gasteiger partial charge in [0.2, 0.25) is 0 Å². The molecule has 0 atom stereocenters. The minimum absolute atomic E-state index is 0.426. The molecule has 3 heteroatoms. The maximum absolute atomic E-state index is 5.65. The van der Waals surface area contributed by atoms with Crippen LogP contribution in [-0.4, -0.2) is 26.3 Å². The fourth-order valence-corrected chi connectivity index (χ4v) is 2.90. The van der Waals surface area contributed by atoms with Crippen LogP contribution in [-0.2, 0) is 6.42 Å². The standard InChI is InChI=1S/C15H21NO2/c1-15(4-6-16-7-5-15)11-12-2-3-13-14(10-12)18-9-8-17-13/h2-3,10,16H,4-9,11H2,1H3. The van der Waals surface area contributed by atoms with Crippen molar-refractivity contribution in [2.75, 3.05) is 26.3 Å². The van der Waals surface area contributed by atoms with Gasteiger partial charge in [-0.1, -0.05) is 13.0 Å². The Hall–Kier alpha value is -1.22. The van der Waals surface area contributed by atoms with Gasteiger partial charge in [0.25, 0.3) is 0 Å². The second-order valence-electron chi connectivity index (χ2n) is 5.72. The minimum atomic E-state index is 0.426. The molecule has 1 aromatic carbocycles. The van der Waals surface area contributed by atoms with Gasteiger partial charge >= 0.3 is 0 Å². The molecule has 2 aliphatic rings. The van der Waals surface area contributed by atoms with Crippen LogP contribution in [0.5, 0.6) is 11.5 Å². The molecule has 98 valence electrons. The Morgan fingerprint density at radius 3 is 2.61 bits per heavy atom. The summed E-state index contributed by atoms with van der Waals surface area (Å²) in [4.78, 5) is 0. The number of nitrogens with one attached hydrogen (secondary N) is 1. The largest absolute Gasteiger partial charge is 0.486 e. The molecule has 0 bridgehead atoms. The van der Waals surface area contributed by atoms with Crippen molar-refractivity contribution >= 4 is 0 Å². The summed E-state index contributed by atoms with van der Waals surface area (Å²) in [6.07, 6.45) is 3.63. The van der Waals surface area contributed by atoms with E-state index in [0.717, 1.165) is 31.0 Å². The Morgan fingerprint density at radius 2 is 1.83 bits per heavy atom. The Labute approximate surface area is 108 Å². The van der Waals surface area contributed by atoms with Crippen molar-refractivity contribution in [2.24, 2.45) is 5.41 Å². The molecule has 1 aromatic rings. The molecule has 1 saturated heterocycles. The lowest BCUT2D eigenvalue weighted by Gasteiger charge is -2.34. The lowest BCUT2D eigenvalue weighted by molar-refractivity contribution is 0.171. The van der Waals surface area contributed by atoms with Crippen molar-refractivity contribution in [3.05, 3.63) is 23.8 Å². The van der Waals surface area contributed by atoms with Crippen LogP contribution in [0.1, 0.15) is 25.3 Å². The van der Waals surface area contributed by atoms with E-state index < -0.39 is 0 Å². The highest BCUT2D eigenvalue weighted by Crippen LogP contribution is 2.36. The summed E-state index contributed by atoms with van der Waals surface area (Å²) in [7, 11) is 0. The molecule has 0 radical (unpaired) electrons. The number of rotatable bonds is 2. The number of piperidine rings is 1. The van der Waals surface area contributed by atoms with Gasteiger partial charge < -0.3 is 14.8 Å². The van der Waals surface area contributed by atoms with Gasteiger partial charge in [-0.3, -0.25) is 0 Å². The van der Waals surface area contributed by atoms with Crippen molar-refractivity contribution in [1.82, 2.24) is 5.32 Å². The molecule has 1 fully saturated rings. The van der Waals surface area contributed by atoms with E-state index in [9.17, 15) is 0 Å². The maximum Gasteiger partial charge on any atom is 0.161 e. The number of fused-ring (bicyclic) bond motifs is 1. The normalized spacial score (nSPS) is 21.6. The highest BCUT2D eigenvalue weighted by molar-refractivity contribution is 5.44. The van der Waals surface area contributed by atoms with Crippen molar-refractivity contribution < 1.29 is 9.47 Å². The maximum atomic E-state index is 5.65. The second-order valence-corrected chi connectivity index (χ2v) is 5.72. The summed E-state index contributed by atoms with van der Waals surface area (Å²) in [5.41, 5.74) is 1.79. The second kappa shape index (κ2) is 4.81. The zero-order valence-corrected chi connectivity index (χ0v) is 11.0. The van der Waals surface area contributed by atoms with Gasteiger partial charge in [0.1, 0.15) is 13.2 Å². The monoisotopic (exact) mass is 247 g/mol. The SMILES string of the molecule is CC1(Cc2ccc3c(c2)OCCO3)CCNCC1. The van der Waals surface area contributed by atoms with Gasteiger partial charge in [-0.25, -0.2) is 0 Å². The summed E-state index contributed by atoms with van der Waals surface area (Å²) >= 11 is 0. The van der Waals surface area contributed by atoms with Crippen molar-refractivity contribution in [3.8, 4) is 11.5 Å². The van der Waals surface area contributed by atoms with E-state index in [4.69, 9.17) is 9.47 Å². The Balaban J connectivity index is 1.76. The molecule has 0 unspecified atom stereocenters. The predicted molar refractivity (Wildman–Crippen MR) is 71.3 cm³/mol. The van der Waals surface area contributed by atoms with E-state index in [0.29, 0.717) is 18.6 Å². The van der Waals surface area contributed by atoms with Gasteiger partial charge in [0.15, 0.2) is 11.5 Å². The van der Waals surface area contributed by atoms with E-state index in [1.165, 1.54) is 18.4 Å². The van der Waals surface area contributed by atoms with Gasteiger partial charge in [-0.05, 0) is 55.5 Å². The van der Waals surface area contributed by atoms with E-state index in [1.54, 1.807) is 0 Å². The van der Waals surface area contributed by atoms with Crippen molar-refractivity contribution in [3.63, 3.8) is 0 Å². The van der Waals surface area contributed by atoms with E-state index in [2.05, 4.69) is 24.4 Å². The summed E-state index contributed by atoms with van der Waals surface area (Å²) in [5.74, 6) is 1.80. The third-order valence-corrected chi connectivity index (χ3v) is 4.05. The van der Waals surface area contributed by atoms with Crippen molar-refractivity contribution in [1.29, 1.82) is 0 Å². The number of hydrogen-bond acceptors (Lipinski definition) is 3. The fourth-order valence-electron chi connectivity index (χ4n) is 2.90. The quantitative estimate of drug-likeness (QED) is 0.870. The lowest BCUT2D eigenvalue weighted by atomic mass is 9.76. The number of benzene rings is 1. The molecule has 2 heterocycles. The van der Waals surface area contributed by atoms with Gasteiger partial charge in [0, 0.05) is 0 Å². The van der Waals surface area contributed by atoms with Crippen LogP contribution in [0.2, 0.25) is 0 Å². The summed E-state index contributed by atoms with van der Waals surface area (Å²) in [5, 5.41) is 3.43. The third-order valence-electron chi connectivity index (χ3n) is 4.05. The summed E-state index contributed by atoms with van der Waals surface area (Å²) < 4.78 is 11.2.